The summed E-state index contributed by atoms with van der Waals surface area (Å²) >= 11 is 0. The van der Waals surface area contributed by atoms with Crippen molar-refractivity contribution in [2.24, 2.45) is 5.92 Å². The van der Waals surface area contributed by atoms with E-state index in [0.717, 1.165) is 36.3 Å². The molecule has 0 saturated heterocycles. The zero-order valence-corrected chi connectivity index (χ0v) is 14.7. The van der Waals surface area contributed by atoms with Gasteiger partial charge in [0, 0.05) is 12.5 Å². The second kappa shape index (κ2) is 7.69. The van der Waals surface area contributed by atoms with Crippen molar-refractivity contribution in [3.05, 3.63) is 42.0 Å². The molecule has 4 heteroatoms. The molecule has 25 heavy (non-hydrogen) atoms. The third-order valence-electron chi connectivity index (χ3n) is 5.19. The number of ether oxygens (including phenoxy) is 1. The Morgan fingerprint density at radius 2 is 1.72 bits per heavy atom. The maximum atomic E-state index is 13.4. The average molecular weight is 348 g/mol. The first-order valence-electron chi connectivity index (χ1n) is 9.14. The van der Waals surface area contributed by atoms with Gasteiger partial charge < -0.3 is 9.84 Å². The van der Waals surface area contributed by atoms with E-state index in [1.165, 1.54) is 5.56 Å². The van der Waals surface area contributed by atoms with Crippen LogP contribution in [0.15, 0.2) is 36.4 Å². The Hall–Kier alpha value is -1.68. The van der Waals surface area contributed by atoms with Crippen molar-refractivity contribution >= 4 is 10.8 Å². The van der Waals surface area contributed by atoms with E-state index in [4.69, 9.17) is 9.84 Å². The zero-order chi connectivity index (χ0) is 17.9. The van der Waals surface area contributed by atoms with E-state index >= 15 is 0 Å². The SMILES string of the molecule is CC(F)(F)C1CCC(Oc2ccc3cc(CCCO)ccc3c2)CC1. The third-order valence-corrected chi connectivity index (χ3v) is 5.19. The second-order valence-corrected chi connectivity index (χ2v) is 7.22. The van der Waals surface area contributed by atoms with E-state index in [2.05, 4.69) is 18.2 Å². The molecule has 136 valence electrons. The van der Waals surface area contributed by atoms with Gasteiger partial charge in [-0.1, -0.05) is 24.3 Å². The molecule has 2 nitrogen and oxygen atoms in total. The molecule has 0 bridgehead atoms. The maximum absolute atomic E-state index is 13.4. The largest absolute Gasteiger partial charge is 0.490 e. The highest BCUT2D eigenvalue weighted by molar-refractivity contribution is 5.84. The minimum Gasteiger partial charge on any atom is -0.490 e. The van der Waals surface area contributed by atoms with E-state index in [-0.39, 0.29) is 12.7 Å². The number of hydrogen-bond donors (Lipinski definition) is 1. The summed E-state index contributed by atoms with van der Waals surface area (Å²) < 4.78 is 32.8. The molecule has 1 aliphatic carbocycles. The van der Waals surface area contributed by atoms with Gasteiger partial charge in [-0.3, -0.25) is 0 Å². The molecule has 0 radical (unpaired) electrons. The molecule has 1 fully saturated rings. The quantitative estimate of drug-likeness (QED) is 0.762. The van der Waals surface area contributed by atoms with Crippen LogP contribution in [0.2, 0.25) is 0 Å². The highest BCUT2D eigenvalue weighted by atomic mass is 19.3. The maximum Gasteiger partial charge on any atom is 0.248 e. The molecule has 1 N–H and O–H groups in total. The van der Waals surface area contributed by atoms with E-state index in [1.807, 2.05) is 18.2 Å². The first-order valence-corrected chi connectivity index (χ1v) is 9.14. The summed E-state index contributed by atoms with van der Waals surface area (Å²) in [4.78, 5) is 0. The van der Waals surface area contributed by atoms with E-state index in [1.54, 1.807) is 0 Å². The van der Waals surface area contributed by atoms with Crippen LogP contribution in [0.4, 0.5) is 8.78 Å². The predicted molar refractivity (Wildman–Crippen MR) is 96.3 cm³/mol. The van der Waals surface area contributed by atoms with Crippen LogP contribution in [-0.4, -0.2) is 23.7 Å². The molecule has 0 heterocycles. The smallest absolute Gasteiger partial charge is 0.248 e. The van der Waals surface area contributed by atoms with Crippen LogP contribution in [0, 0.1) is 5.92 Å². The number of benzene rings is 2. The van der Waals surface area contributed by atoms with Gasteiger partial charge in [-0.05, 0) is 73.9 Å². The molecular formula is C21H26F2O2. The minimum absolute atomic E-state index is 0.0277. The Balaban J connectivity index is 1.63. The standard InChI is InChI=1S/C21H26F2O2/c1-21(22,23)18-7-10-19(11-8-18)25-20-9-6-16-13-15(3-2-12-24)4-5-17(16)14-20/h4-6,9,13-14,18-19,24H,2-3,7-8,10-12H2,1H3. The lowest BCUT2D eigenvalue weighted by molar-refractivity contribution is -0.0630. The number of rotatable bonds is 6. The molecule has 3 rings (SSSR count). The summed E-state index contributed by atoms with van der Waals surface area (Å²) in [5.74, 6) is -2.29. The third kappa shape index (κ3) is 4.69. The van der Waals surface area contributed by atoms with Gasteiger partial charge >= 0.3 is 0 Å². The molecule has 0 unspecified atom stereocenters. The van der Waals surface area contributed by atoms with Crippen LogP contribution in [0.25, 0.3) is 10.8 Å². The van der Waals surface area contributed by atoms with Crippen molar-refractivity contribution in [3.8, 4) is 5.75 Å². The first-order chi connectivity index (χ1) is 12.0. The number of hydrogen-bond acceptors (Lipinski definition) is 2. The molecule has 1 saturated carbocycles. The molecule has 0 aliphatic heterocycles. The molecule has 1 aliphatic rings. The molecule has 0 amide bonds. The van der Waals surface area contributed by atoms with Crippen LogP contribution in [0.5, 0.6) is 5.75 Å². The lowest BCUT2D eigenvalue weighted by Gasteiger charge is -2.32. The van der Waals surface area contributed by atoms with Crippen molar-refractivity contribution < 1.29 is 18.6 Å². The molecule has 0 atom stereocenters. The van der Waals surface area contributed by atoms with Crippen LogP contribution in [0.3, 0.4) is 0 Å². The Morgan fingerprint density at radius 3 is 2.40 bits per heavy atom. The number of alkyl halides is 2. The molecule has 0 aromatic heterocycles. The molecular weight excluding hydrogens is 322 g/mol. The van der Waals surface area contributed by atoms with Gasteiger partial charge in [-0.25, -0.2) is 8.78 Å². The van der Waals surface area contributed by atoms with E-state index < -0.39 is 11.8 Å². The van der Waals surface area contributed by atoms with Crippen molar-refractivity contribution in [1.82, 2.24) is 0 Å². The average Bonchev–Trinajstić information content (AvgIpc) is 2.59. The number of aliphatic hydroxyl groups excluding tert-OH is 1. The monoisotopic (exact) mass is 348 g/mol. The minimum atomic E-state index is -2.58. The summed E-state index contributed by atoms with van der Waals surface area (Å²) in [5.41, 5.74) is 1.22. The summed E-state index contributed by atoms with van der Waals surface area (Å²) in [5, 5.41) is 11.2. The van der Waals surface area contributed by atoms with Crippen LogP contribution >= 0.6 is 0 Å². The number of aliphatic hydroxyl groups is 1. The number of halogens is 2. The number of aryl methyl sites for hydroxylation is 1. The zero-order valence-electron chi connectivity index (χ0n) is 14.7. The molecule has 2 aromatic carbocycles. The predicted octanol–water partition coefficient (Wildman–Crippen LogP) is 5.36. The lowest BCUT2D eigenvalue weighted by atomic mass is 9.84. The van der Waals surface area contributed by atoms with Gasteiger partial charge in [0.15, 0.2) is 0 Å². The summed E-state index contributed by atoms with van der Waals surface area (Å²) in [6.45, 7) is 1.23. The van der Waals surface area contributed by atoms with Gasteiger partial charge in [0.05, 0.1) is 6.10 Å². The summed E-state index contributed by atoms with van der Waals surface area (Å²) in [6.07, 6.45) is 4.09. The van der Waals surface area contributed by atoms with Gasteiger partial charge in [-0.15, -0.1) is 0 Å². The van der Waals surface area contributed by atoms with Gasteiger partial charge in [-0.2, -0.15) is 0 Å². The summed E-state index contributed by atoms with van der Waals surface area (Å²) in [6, 6.07) is 12.3. The van der Waals surface area contributed by atoms with Gasteiger partial charge in [0.1, 0.15) is 5.75 Å². The van der Waals surface area contributed by atoms with Crippen molar-refractivity contribution in [2.45, 2.75) is 57.5 Å². The highest BCUT2D eigenvalue weighted by Crippen LogP contribution is 2.37. The van der Waals surface area contributed by atoms with Crippen LogP contribution in [0.1, 0.15) is 44.6 Å². The van der Waals surface area contributed by atoms with Gasteiger partial charge in [0.2, 0.25) is 5.92 Å². The van der Waals surface area contributed by atoms with Crippen molar-refractivity contribution in [1.29, 1.82) is 0 Å². The Labute approximate surface area is 147 Å². The molecule has 0 spiro atoms. The fraction of sp³-hybridized carbons (Fsp3) is 0.524. The van der Waals surface area contributed by atoms with Crippen molar-refractivity contribution in [2.75, 3.05) is 6.61 Å². The molecule has 2 aromatic rings. The highest BCUT2D eigenvalue weighted by Gasteiger charge is 2.37. The van der Waals surface area contributed by atoms with Crippen molar-refractivity contribution in [3.63, 3.8) is 0 Å². The second-order valence-electron chi connectivity index (χ2n) is 7.22. The summed E-state index contributed by atoms with van der Waals surface area (Å²) in [7, 11) is 0. The topological polar surface area (TPSA) is 29.5 Å². The van der Waals surface area contributed by atoms with Crippen LogP contribution < -0.4 is 4.74 Å². The Bertz CT molecular complexity index is 701. The Morgan fingerprint density at radius 1 is 1.04 bits per heavy atom. The normalized spacial score (nSPS) is 21.4. The first kappa shape index (κ1) is 18.1. The van der Waals surface area contributed by atoms with Gasteiger partial charge in [0.25, 0.3) is 0 Å². The van der Waals surface area contributed by atoms with E-state index in [9.17, 15) is 8.78 Å². The van der Waals surface area contributed by atoms with Crippen LogP contribution in [-0.2, 0) is 6.42 Å². The fourth-order valence-corrected chi connectivity index (χ4v) is 3.67. The fourth-order valence-electron chi connectivity index (χ4n) is 3.67. The lowest BCUT2D eigenvalue weighted by Crippen LogP contribution is -2.32. The number of fused-ring (bicyclic) bond motifs is 1. The van der Waals surface area contributed by atoms with E-state index in [0.29, 0.717) is 25.7 Å². The Kier molecular flexibility index (Phi) is 5.57.